The van der Waals surface area contributed by atoms with E-state index in [2.05, 4.69) is 5.32 Å². The second-order valence-corrected chi connectivity index (χ2v) is 5.71. The van der Waals surface area contributed by atoms with Crippen LogP contribution in [0.25, 0.3) is 0 Å². The smallest absolute Gasteiger partial charge is 0.260 e. The molecule has 0 saturated heterocycles. The molecular weight excluding hydrogens is 321 g/mol. The highest BCUT2D eigenvalue weighted by Gasteiger charge is 2.15. The highest BCUT2D eigenvalue weighted by molar-refractivity contribution is 6.35. The zero-order chi connectivity index (χ0) is 15.9. The summed E-state index contributed by atoms with van der Waals surface area (Å²) in [6.07, 6.45) is 0.149. The molecule has 2 aromatic carbocycles. The molecule has 0 heterocycles. The number of benzene rings is 2. The van der Waals surface area contributed by atoms with Crippen molar-refractivity contribution in [3.8, 4) is 5.75 Å². The van der Waals surface area contributed by atoms with Gasteiger partial charge in [-0.05, 0) is 37.1 Å². The summed E-state index contributed by atoms with van der Waals surface area (Å²) >= 11 is 11.8. The van der Waals surface area contributed by atoms with E-state index in [9.17, 15) is 4.79 Å². The van der Waals surface area contributed by atoms with Crippen molar-refractivity contribution in [3.05, 3.63) is 64.1 Å². The Balaban J connectivity index is 1.82. The molecule has 1 N–H and O–H groups in total. The normalized spacial score (nSPS) is 11.8. The fraction of sp³-hybridized carbons (Fsp3) is 0.235. The first-order valence-electron chi connectivity index (χ1n) is 6.99. The molecule has 1 amide bonds. The van der Waals surface area contributed by atoms with Crippen molar-refractivity contribution in [2.45, 2.75) is 19.4 Å². The third kappa shape index (κ3) is 4.93. The van der Waals surface area contributed by atoms with Gasteiger partial charge in [-0.25, -0.2) is 0 Å². The Labute approximate surface area is 140 Å². The lowest BCUT2D eigenvalue weighted by atomic mass is 10.1. The molecule has 0 fully saturated rings. The van der Waals surface area contributed by atoms with Crippen molar-refractivity contribution in [3.63, 3.8) is 0 Å². The number of nitrogens with one attached hydrogen (secondary N) is 1. The van der Waals surface area contributed by atoms with Crippen LogP contribution in [0, 0.1) is 0 Å². The Morgan fingerprint density at radius 1 is 1.18 bits per heavy atom. The number of hydrogen-bond acceptors (Lipinski definition) is 2. The molecule has 0 radical (unpaired) electrons. The molecule has 5 heteroatoms. The van der Waals surface area contributed by atoms with Gasteiger partial charge in [0.1, 0.15) is 5.75 Å². The summed E-state index contributed by atoms with van der Waals surface area (Å²) in [5.41, 5.74) is 1.18. The second kappa shape index (κ2) is 8.06. The molecule has 0 aromatic heterocycles. The van der Waals surface area contributed by atoms with Crippen LogP contribution in [-0.2, 0) is 11.2 Å². The molecule has 0 bridgehead atoms. The fourth-order valence-corrected chi connectivity index (χ4v) is 2.39. The number of carbonyl (C=O) groups excluding carboxylic acids is 1. The minimum Gasteiger partial charge on any atom is -0.479 e. The third-order valence-electron chi connectivity index (χ3n) is 3.12. The minimum absolute atomic E-state index is 0.179. The SMILES string of the molecule is C[C@H](Oc1ccc(Cl)cc1Cl)C(=O)NCCc1ccccc1. The maximum atomic E-state index is 12.0. The zero-order valence-corrected chi connectivity index (χ0v) is 13.7. The lowest BCUT2D eigenvalue weighted by Gasteiger charge is -2.15. The van der Waals surface area contributed by atoms with E-state index in [1.807, 2.05) is 30.3 Å². The number of halogens is 2. The van der Waals surface area contributed by atoms with Crippen LogP contribution in [0.1, 0.15) is 12.5 Å². The van der Waals surface area contributed by atoms with E-state index in [-0.39, 0.29) is 5.91 Å². The average molecular weight is 338 g/mol. The summed E-state index contributed by atoms with van der Waals surface area (Å²) in [5, 5.41) is 3.76. The van der Waals surface area contributed by atoms with E-state index >= 15 is 0 Å². The Morgan fingerprint density at radius 3 is 2.59 bits per heavy atom. The molecule has 22 heavy (non-hydrogen) atoms. The molecule has 1 atom stereocenters. The Kier molecular flexibility index (Phi) is 6.10. The van der Waals surface area contributed by atoms with Crippen molar-refractivity contribution >= 4 is 29.1 Å². The molecular formula is C17H17Cl2NO2. The Bertz CT molecular complexity index is 632. The monoisotopic (exact) mass is 337 g/mol. The summed E-state index contributed by atoms with van der Waals surface area (Å²) in [7, 11) is 0. The predicted octanol–water partition coefficient (Wildman–Crippen LogP) is 4.12. The first kappa shape index (κ1) is 16.7. The van der Waals surface area contributed by atoms with Gasteiger partial charge in [0, 0.05) is 11.6 Å². The highest BCUT2D eigenvalue weighted by atomic mass is 35.5. The minimum atomic E-state index is -0.630. The fourth-order valence-electron chi connectivity index (χ4n) is 1.93. The Hall–Kier alpha value is -1.71. The van der Waals surface area contributed by atoms with Gasteiger partial charge in [0.15, 0.2) is 6.10 Å². The molecule has 0 saturated carbocycles. The van der Waals surface area contributed by atoms with Crippen LogP contribution >= 0.6 is 23.2 Å². The molecule has 0 aliphatic carbocycles. The summed E-state index contributed by atoms with van der Waals surface area (Å²) in [4.78, 5) is 12.0. The Morgan fingerprint density at radius 2 is 1.91 bits per heavy atom. The molecule has 2 rings (SSSR count). The zero-order valence-electron chi connectivity index (χ0n) is 12.2. The average Bonchev–Trinajstić information content (AvgIpc) is 2.51. The lowest BCUT2D eigenvalue weighted by Crippen LogP contribution is -2.37. The summed E-state index contributed by atoms with van der Waals surface area (Å²) < 4.78 is 5.56. The van der Waals surface area contributed by atoms with Gasteiger partial charge in [0.2, 0.25) is 0 Å². The van der Waals surface area contributed by atoms with E-state index in [1.165, 1.54) is 5.56 Å². The van der Waals surface area contributed by atoms with Gasteiger partial charge in [-0.3, -0.25) is 4.79 Å². The molecule has 0 aliphatic heterocycles. The first-order chi connectivity index (χ1) is 10.6. The van der Waals surface area contributed by atoms with Gasteiger partial charge in [0.25, 0.3) is 5.91 Å². The number of amides is 1. The summed E-state index contributed by atoms with van der Waals surface area (Å²) in [6.45, 7) is 2.24. The van der Waals surface area contributed by atoms with E-state index in [0.29, 0.717) is 22.3 Å². The molecule has 0 spiro atoms. The number of hydrogen-bond donors (Lipinski definition) is 1. The van der Waals surface area contributed by atoms with Crippen molar-refractivity contribution < 1.29 is 9.53 Å². The van der Waals surface area contributed by atoms with E-state index in [0.717, 1.165) is 6.42 Å². The van der Waals surface area contributed by atoms with Crippen LogP contribution in [0.5, 0.6) is 5.75 Å². The van der Waals surface area contributed by atoms with Crippen LogP contribution in [0.4, 0.5) is 0 Å². The van der Waals surface area contributed by atoms with Gasteiger partial charge in [0.05, 0.1) is 5.02 Å². The number of carbonyl (C=O) groups is 1. The lowest BCUT2D eigenvalue weighted by molar-refractivity contribution is -0.127. The maximum absolute atomic E-state index is 12.0. The topological polar surface area (TPSA) is 38.3 Å². The van der Waals surface area contributed by atoms with Gasteiger partial charge < -0.3 is 10.1 Å². The first-order valence-corrected chi connectivity index (χ1v) is 7.75. The maximum Gasteiger partial charge on any atom is 0.260 e. The quantitative estimate of drug-likeness (QED) is 0.860. The van der Waals surface area contributed by atoms with Gasteiger partial charge in [-0.1, -0.05) is 53.5 Å². The molecule has 0 aliphatic rings. The summed E-state index contributed by atoms with van der Waals surface area (Å²) in [6, 6.07) is 14.9. The van der Waals surface area contributed by atoms with Crippen LogP contribution in [0.15, 0.2) is 48.5 Å². The molecule has 3 nitrogen and oxygen atoms in total. The van der Waals surface area contributed by atoms with Gasteiger partial charge in [-0.15, -0.1) is 0 Å². The standard InChI is InChI=1S/C17H17Cl2NO2/c1-12(22-16-8-7-14(18)11-15(16)19)17(21)20-10-9-13-5-3-2-4-6-13/h2-8,11-12H,9-10H2,1H3,(H,20,21)/t12-/m0/s1. The highest BCUT2D eigenvalue weighted by Crippen LogP contribution is 2.28. The van der Waals surface area contributed by atoms with E-state index in [1.54, 1.807) is 25.1 Å². The van der Waals surface area contributed by atoms with Crippen LogP contribution in [0.3, 0.4) is 0 Å². The predicted molar refractivity (Wildman–Crippen MR) is 89.7 cm³/mol. The largest absolute Gasteiger partial charge is 0.479 e. The van der Waals surface area contributed by atoms with Crippen LogP contribution in [-0.4, -0.2) is 18.6 Å². The van der Waals surface area contributed by atoms with Crippen molar-refractivity contribution in [1.29, 1.82) is 0 Å². The van der Waals surface area contributed by atoms with Gasteiger partial charge in [-0.2, -0.15) is 0 Å². The third-order valence-corrected chi connectivity index (χ3v) is 3.65. The number of ether oxygens (including phenoxy) is 1. The van der Waals surface area contributed by atoms with Crippen LogP contribution < -0.4 is 10.1 Å². The van der Waals surface area contributed by atoms with E-state index in [4.69, 9.17) is 27.9 Å². The van der Waals surface area contributed by atoms with Crippen molar-refractivity contribution in [1.82, 2.24) is 5.32 Å². The van der Waals surface area contributed by atoms with Gasteiger partial charge >= 0.3 is 0 Å². The summed E-state index contributed by atoms with van der Waals surface area (Å²) in [5.74, 6) is 0.263. The van der Waals surface area contributed by atoms with E-state index < -0.39 is 6.10 Å². The molecule has 0 unspecified atom stereocenters. The van der Waals surface area contributed by atoms with Crippen molar-refractivity contribution in [2.24, 2.45) is 0 Å². The molecule has 2 aromatic rings. The second-order valence-electron chi connectivity index (χ2n) is 4.86. The molecule has 116 valence electrons. The van der Waals surface area contributed by atoms with Crippen molar-refractivity contribution in [2.75, 3.05) is 6.54 Å². The van der Waals surface area contributed by atoms with Crippen LogP contribution in [0.2, 0.25) is 10.0 Å². The number of rotatable bonds is 6.